The molecule has 1 aliphatic rings. The average Bonchev–Trinajstić information content (AvgIpc) is 3.12. The molecule has 0 saturated heterocycles. The molecule has 0 amide bonds. The van der Waals surface area contributed by atoms with E-state index in [1.807, 2.05) is 54.6 Å². The maximum Gasteiger partial charge on any atom is 0.171 e. The van der Waals surface area contributed by atoms with E-state index in [-0.39, 0.29) is 6.04 Å². The predicted molar refractivity (Wildman–Crippen MR) is 184 cm³/mol. The second kappa shape index (κ2) is 16.2. The minimum atomic E-state index is 0.0657. The summed E-state index contributed by atoms with van der Waals surface area (Å²) < 4.78 is 28.4. The second-order valence-corrected chi connectivity index (χ2v) is 11.7. The van der Waals surface area contributed by atoms with E-state index >= 15 is 0 Å². The summed E-state index contributed by atoms with van der Waals surface area (Å²) in [6.45, 7) is 2.14. The highest BCUT2D eigenvalue weighted by atomic mass is 16.5. The zero-order valence-electron chi connectivity index (χ0n) is 27.7. The average molecular weight is 643 g/mol. The third-order valence-corrected chi connectivity index (χ3v) is 8.71. The van der Waals surface area contributed by atoms with Gasteiger partial charge in [0, 0.05) is 49.0 Å². The molecular formula is C36H46N6O5. The predicted octanol–water partition coefficient (Wildman–Crippen LogP) is 5.76. The summed E-state index contributed by atoms with van der Waals surface area (Å²) in [6.07, 6.45) is 5.51. The lowest BCUT2D eigenvalue weighted by Crippen LogP contribution is -2.45. The molecule has 1 saturated carbocycles. The third kappa shape index (κ3) is 8.35. The molecule has 0 bridgehead atoms. The lowest BCUT2D eigenvalue weighted by Gasteiger charge is -2.36. The number of methoxy groups -OCH3 is 4. The van der Waals surface area contributed by atoms with Crippen LogP contribution in [0.15, 0.2) is 73.1 Å². The Morgan fingerprint density at radius 1 is 0.766 bits per heavy atom. The van der Waals surface area contributed by atoms with E-state index in [0.29, 0.717) is 72.5 Å². The van der Waals surface area contributed by atoms with E-state index in [1.54, 1.807) is 33.4 Å². The number of nitrogens with two attached hydrogens (primary N) is 2. The summed E-state index contributed by atoms with van der Waals surface area (Å²) in [5, 5.41) is 1.73. The first kappa shape index (κ1) is 33.6. The Labute approximate surface area is 277 Å². The van der Waals surface area contributed by atoms with Gasteiger partial charge in [-0.2, -0.15) is 0 Å². The number of nitrogen functional groups attached to an aromatic ring is 1. The van der Waals surface area contributed by atoms with Gasteiger partial charge in [-0.25, -0.2) is 15.8 Å². The second-order valence-electron chi connectivity index (χ2n) is 11.7. The van der Waals surface area contributed by atoms with Gasteiger partial charge in [-0.05, 0) is 55.0 Å². The Kier molecular flexibility index (Phi) is 11.6. The van der Waals surface area contributed by atoms with E-state index < -0.39 is 0 Å². The first-order chi connectivity index (χ1) is 22.9. The largest absolute Gasteiger partial charge is 0.497 e. The van der Waals surface area contributed by atoms with E-state index in [0.717, 1.165) is 36.8 Å². The Morgan fingerprint density at radius 2 is 1.38 bits per heavy atom. The van der Waals surface area contributed by atoms with Gasteiger partial charge in [0.2, 0.25) is 0 Å². The number of benzene rings is 3. The Bertz CT molecular complexity index is 1530. The van der Waals surface area contributed by atoms with Crippen LogP contribution in [-0.4, -0.2) is 51.1 Å². The topological polar surface area (TPSA) is 130 Å². The van der Waals surface area contributed by atoms with Crippen molar-refractivity contribution in [2.75, 3.05) is 50.7 Å². The van der Waals surface area contributed by atoms with Gasteiger partial charge in [-0.3, -0.25) is 5.01 Å². The van der Waals surface area contributed by atoms with Gasteiger partial charge >= 0.3 is 0 Å². The zero-order valence-corrected chi connectivity index (χ0v) is 27.7. The molecule has 2 atom stereocenters. The summed E-state index contributed by atoms with van der Waals surface area (Å²) in [5.74, 6) is 11.0. The van der Waals surface area contributed by atoms with Crippen LogP contribution in [-0.2, 0) is 24.4 Å². The van der Waals surface area contributed by atoms with Crippen LogP contribution >= 0.6 is 0 Å². The van der Waals surface area contributed by atoms with Crippen molar-refractivity contribution in [3.63, 3.8) is 0 Å². The molecule has 1 aliphatic carbocycles. The van der Waals surface area contributed by atoms with E-state index in [1.165, 1.54) is 11.9 Å². The maximum absolute atomic E-state index is 6.90. The lowest BCUT2D eigenvalue weighted by atomic mass is 9.86. The minimum absolute atomic E-state index is 0.0657. The molecule has 3 aromatic carbocycles. The van der Waals surface area contributed by atoms with Gasteiger partial charge < -0.3 is 34.3 Å². The van der Waals surface area contributed by atoms with Crippen molar-refractivity contribution in [3.05, 3.63) is 89.7 Å². The van der Waals surface area contributed by atoms with Crippen molar-refractivity contribution in [1.82, 2.24) is 9.97 Å². The molecule has 1 aromatic heterocycles. The van der Waals surface area contributed by atoms with Gasteiger partial charge in [-0.1, -0.05) is 36.8 Å². The molecule has 1 fully saturated rings. The minimum Gasteiger partial charge on any atom is -0.497 e. The molecule has 1 heterocycles. The van der Waals surface area contributed by atoms with E-state index in [9.17, 15) is 0 Å². The molecule has 2 unspecified atom stereocenters. The quantitative estimate of drug-likeness (QED) is 0.121. The fourth-order valence-electron chi connectivity index (χ4n) is 6.17. The normalized spacial score (nSPS) is 15.9. The van der Waals surface area contributed by atoms with Crippen molar-refractivity contribution >= 4 is 17.3 Å². The highest BCUT2D eigenvalue weighted by molar-refractivity contribution is 5.76. The molecule has 11 nitrogen and oxygen atoms in total. The number of anilines is 3. The molecule has 0 radical (unpaired) electrons. The van der Waals surface area contributed by atoms with Gasteiger partial charge in [0.15, 0.2) is 11.6 Å². The number of hydrogen-bond acceptors (Lipinski definition) is 11. The smallest absolute Gasteiger partial charge is 0.171 e. The van der Waals surface area contributed by atoms with Crippen LogP contribution in [0.5, 0.6) is 23.0 Å². The zero-order chi connectivity index (χ0) is 33.2. The first-order valence-corrected chi connectivity index (χ1v) is 15.9. The highest BCUT2D eigenvalue weighted by Gasteiger charge is 2.29. The van der Waals surface area contributed by atoms with Gasteiger partial charge in [-0.15, -0.1) is 0 Å². The maximum atomic E-state index is 6.90. The third-order valence-electron chi connectivity index (χ3n) is 8.71. The number of hydrogen-bond donors (Lipinski definition) is 2. The Morgan fingerprint density at radius 3 is 1.98 bits per heavy atom. The highest BCUT2D eigenvalue weighted by Crippen LogP contribution is 2.37. The van der Waals surface area contributed by atoms with E-state index in [2.05, 4.69) is 27.0 Å². The van der Waals surface area contributed by atoms with Crippen LogP contribution < -0.4 is 40.4 Å². The Hall–Kier alpha value is -4.74. The molecule has 4 N–H and O–H groups in total. The lowest BCUT2D eigenvalue weighted by molar-refractivity contribution is 0.0702. The molecule has 5 rings (SSSR count). The van der Waals surface area contributed by atoms with Gasteiger partial charge in [0.1, 0.15) is 35.0 Å². The van der Waals surface area contributed by atoms with Crippen molar-refractivity contribution in [3.8, 4) is 23.0 Å². The summed E-state index contributed by atoms with van der Waals surface area (Å²) in [7, 11) is 6.54. The van der Waals surface area contributed by atoms with Crippen LogP contribution in [0.2, 0.25) is 0 Å². The van der Waals surface area contributed by atoms with Crippen LogP contribution in [0.4, 0.5) is 17.3 Å². The fraction of sp³-hybridized carbons (Fsp3) is 0.389. The van der Waals surface area contributed by atoms with Crippen molar-refractivity contribution < 1.29 is 23.7 Å². The molecule has 0 aliphatic heterocycles. The monoisotopic (exact) mass is 642 g/mol. The van der Waals surface area contributed by atoms with Gasteiger partial charge in [0.05, 0.1) is 35.0 Å². The van der Waals surface area contributed by atoms with Crippen molar-refractivity contribution in [2.45, 2.75) is 51.4 Å². The number of aromatic nitrogens is 2. The summed E-state index contributed by atoms with van der Waals surface area (Å²) in [5.41, 5.74) is 10.3. The molecule has 47 heavy (non-hydrogen) atoms. The standard InChI is InChI=1S/C36H46N6O5/c1-43-30-15-13-27(32(18-30)45-3)20-41(21-28-14-16-31(44-2)19-33(28)46-4)35-34(37)36(40-24-39-35)42(38)29-12-8-11-26(17-29)23-47-22-25-9-6-5-7-10-25/h5-7,9-10,13-16,18-19,24,26,29H,8,11-12,17,20-23,37-38H2,1-4H3. The van der Waals surface area contributed by atoms with E-state index in [4.69, 9.17) is 35.3 Å². The number of hydrazine groups is 1. The van der Waals surface area contributed by atoms with Crippen LogP contribution in [0.3, 0.4) is 0 Å². The molecular weight excluding hydrogens is 596 g/mol. The molecule has 0 spiro atoms. The number of nitrogens with zero attached hydrogens (tertiary/aromatic N) is 4. The van der Waals surface area contributed by atoms with Crippen LogP contribution in [0, 0.1) is 5.92 Å². The SMILES string of the molecule is COc1ccc(CN(Cc2ccc(OC)cc2OC)c2ncnc(N(N)C3CCCC(COCc4ccccc4)C3)c2N)c(OC)c1. The van der Waals surface area contributed by atoms with Crippen molar-refractivity contribution in [2.24, 2.45) is 11.8 Å². The van der Waals surface area contributed by atoms with Crippen LogP contribution in [0.25, 0.3) is 0 Å². The number of rotatable bonds is 15. The molecule has 4 aromatic rings. The first-order valence-electron chi connectivity index (χ1n) is 15.9. The number of ether oxygens (including phenoxy) is 5. The Balaban J connectivity index is 1.39. The van der Waals surface area contributed by atoms with Crippen LogP contribution in [0.1, 0.15) is 42.4 Å². The molecule has 250 valence electrons. The summed E-state index contributed by atoms with van der Waals surface area (Å²) >= 11 is 0. The van der Waals surface area contributed by atoms with Crippen molar-refractivity contribution in [1.29, 1.82) is 0 Å². The van der Waals surface area contributed by atoms with Gasteiger partial charge in [0.25, 0.3) is 0 Å². The fourth-order valence-corrected chi connectivity index (χ4v) is 6.17. The molecule has 11 heteroatoms. The summed E-state index contributed by atoms with van der Waals surface area (Å²) in [6, 6.07) is 21.8. The summed E-state index contributed by atoms with van der Waals surface area (Å²) in [4.78, 5) is 11.3.